The molecule has 20 heavy (non-hydrogen) atoms. The van der Waals surface area contributed by atoms with Crippen molar-refractivity contribution in [3.05, 3.63) is 41.2 Å². The van der Waals surface area contributed by atoms with E-state index in [4.69, 9.17) is 0 Å². The Hall–Kier alpha value is -1.95. The Balaban J connectivity index is 1.91. The van der Waals surface area contributed by atoms with Crippen molar-refractivity contribution in [1.29, 1.82) is 0 Å². The normalized spacial score (nSPS) is 11.9. The van der Waals surface area contributed by atoms with Gasteiger partial charge in [0.2, 0.25) is 0 Å². The van der Waals surface area contributed by atoms with Crippen molar-refractivity contribution in [2.24, 2.45) is 0 Å². The number of hydrogen-bond donors (Lipinski definition) is 1. The van der Waals surface area contributed by atoms with Crippen LogP contribution in [0.1, 0.15) is 30.8 Å². The molecule has 0 aliphatic heterocycles. The Morgan fingerprint density at radius 3 is 3.05 bits per heavy atom. The number of methoxy groups -OCH3 is 1. The number of anilines is 1. The molecule has 1 unspecified atom stereocenters. The van der Waals surface area contributed by atoms with Gasteiger partial charge >= 0.3 is 5.97 Å². The number of carbonyl (C=O) groups is 1. The van der Waals surface area contributed by atoms with Gasteiger partial charge in [-0.25, -0.2) is 4.98 Å². The predicted octanol–water partition coefficient (Wildman–Crippen LogP) is 2.82. The van der Waals surface area contributed by atoms with Crippen molar-refractivity contribution in [3.63, 3.8) is 0 Å². The Morgan fingerprint density at radius 2 is 2.35 bits per heavy atom. The second kappa shape index (κ2) is 7.00. The lowest BCUT2D eigenvalue weighted by atomic mass is 10.2. The molecule has 0 aliphatic rings. The van der Waals surface area contributed by atoms with Crippen LogP contribution in [0, 0.1) is 0 Å². The van der Waals surface area contributed by atoms with Crippen LogP contribution in [0.2, 0.25) is 0 Å². The molecule has 1 N–H and O–H groups in total. The number of hydrogen-bond acceptors (Lipinski definition) is 6. The van der Waals surface area contributed by atoms with Crippen LogP contribution < -0.4 is 5.32 Å². The van der Waals surface area contributed by atoms with Crippen LogP contribution in [0.3, 0.4) is 0 Å². The summed E-state index contributed by atoms with van der Waals surface area (Å²) in [4.78, 5) is 19.8. The van der Waals surface area contributed by atoms with Gasteiger partial charge in [0, 0.05) is 18.0 Å². The molecule has 2 rings (SSSR count). The summed E-state index contributed by atoms with van der Waals surface area (Å²) >= 11 is 1.53. The van der Waals surface area contributed by atoms with Gasteiger partial charge in [-0.05, 0) is 19.1 Å². The molecule has 0 amide bonds. The molecule has 0 saturated heterocycles. The molecule has 0 saturated carbocycles. The van der Waals surface area contributed by atoms with Gasteiger partial charge in [-0.2, -0.15) is 0 Å². The Bertz CT molecular complexity index is 557. The quantitative estimate of drug-likeness (QED) is 0.829. The van der Waals surface area contributed by atoms with Crippen molar-refractivity contribution in [1.82, 2.24) is 9.97 Å². The Labute approximate surface area is 122 Å². The minimum atomic E-state index is -0.214. The van der Waals surface area contributed by atoms with E-state index in [-0.39, 0.29) is 12.0 Å². The molecule has 2 aromatic rings. The summed E-state index contributed by atoms with van der Waals surface area (Å²) in [6, 6.07) is 5.92. The maximum Gasteiger partial charge on any atom is 0.305 e. The summed E-state index contributed by atoms with van der Waals surface area (Å²) in [5.41, 5.74) is 1.87. The molecule has 0 aromatic carbocycles. The first-order chi connectivity index (χ1) is 9.69. The lowest BCUT2D eigenvalue weighted by Gasteiger charge is -2.11. The highest BCUT2D eigenvalue weighted by Gasteiger charge is 2.10. The number of thiazole rings is 1. The standard InChI is InChI=1S/C14H17N3O2S/c1-10(12-5-3-4-8-15-12)16-14-17-11(9-20-14)6-7-13(18)19-2/h3-5,8-10H,6-7H2,1-2H3,(H,16,17). The van der Waals surface area contributed by atoms with Gasteiger partial charge in [-0.3, -0.25) is 9.78 Å². The molecule has 2 aromatic heterocycles. The number of ether oxygens (including phenoxy) is 1. The molecule has 1 atom stereocenters. The fourth-order valence-corrected chi connectivity index (χ4v) is 2.54. The lowest BCUT2D eigenvalue weighted by molar-refractivity contribution is -0.140. The summed E-state index contributed by atoms with van der Waals surface area (Å²) in [6.45, 7) is 2.04. The first-order valence-corrected chi connectivity index (χ1v) is 7.25. The second-order valence-electron chi connectivity index (χ2n) is 4.34. The third-order valence-corrected chi connectivity index (χ3v) is 3.66. The summed E-state index contributed by atoms with van der Waals surface area (Å²) < 4.78 is 4.61. The largest absolute Gasteiger partial charge is 0.469 e. The van der Waals surface area contributed by atoms with E-state index in [0.29, 0.717) is 12.8 Å². The van der Waals surface area contributed by atoms with Gasteiger partial charge < -0.3 is 10.1 Å². The van der Waals surface area contributed by atoms with E-state index < -0.39 is 0 Å². The molecular weight excluding hydrogens is 274 g/mol. The van der Waals surface area contributed by atoms with E-state index in [0.717, 1.165) is 16.5 Å². The number of pyridine rings is 1. The zero-order valence-corrected chi connectivity index (χ0v) is 12.3. The van der Waals surface area contributed by atoms with E-state index in [1.807, 2.05) is 30.5 Å². The molecule has 6 heteroatoms. The van der Waals surface area contributed by atoms with E-state index in [2.05, 4.69) is 20.0 Å². The molecule has 5 nitrogen and oxygen atoms in total. The van der Waals surface area contributed by atoms with Crippen LogP contribution in [-0.4, -0.2) is 23.0 Å². The number of aryl methyl sites for hydroxylation is 1. The highest BCUT2D eigenvalue weighted by atomic mass is 32.1. The molecular formula is C14H17N3O2S. The number of aromatic nitrogens is 2. The molecule has 0 bridgehead atoms. The Kier molecular flexibility index (Phi) is 5.06. The van der Waals surface area contributed by atoms with Crippen molar-refractivity contribution >= 4 is 22.4 Å². The van der Waals surface area contributed by atoms with Gasteiger partial charge in [-0.15, -0.1) is 11.3 Å². The third kappa shape index (κ3) is 4.03. The number of rotatable bonds is 6. The van der Waals surface area contributed by atoms with Crippen molar-refractivity contribution in [2.75, 3.05) is 12.4 Å². The topological polar surface area (TPSA) is 64.1 Å². The molecule has 106 valence electrons. The molecule has 2 heterocycles. The average molecular weight is 291 g/mol. The number of esters is 1. The van der Waals surface area contributed by atoms with Crippen molar-refractivity contribution in [3.8, 4) is 0 Å². The van der Waals surface area contributed by atoms with Crippen molar-refractivity contribution in [2.45, 2.75) is 25.8 Å². The first kappa shape index (κ1) is 14.5. The van der Waals surface area contributed by atoms with Crippen LogP contribution in [-0.2, 0) is 16.0 Å². The van der Waals surface area contributed by atoms with Gasteiger partial charge in [0.15, 0.2) is 5.13 Å². The van der Waals surface area contributed by atoms with Crippen LogP contribution >= 0.6 is 11.3 Å². The van der Waals surface area contributed by atoms with Crippen LogP contribution in [0.4, 0.5) is 5.13 Å². The molecule has 0 spiro atoms. The maximum absolute atomic E-state index is 11.1. The minimum Gasteiger partial charge on any atom is -0.469 e. The van der Waals surface area contributed by atoms with Crippen molar-refractivity contribution < 1.29 is 9.53 Å². The van der Waals surface area contributed by atoms with E-state index in [1.54, 1.807) is 6.20 Å². The number of nitrogens with one attached hydrogen (secondary N) is 1. The lowest BCUT2D eigenvalue weighted by Crippen LogP contribution is -2.08. The maximum atomic E-state index is 11.1. The smallest absolute Gasteiger partial charge is 0.305 e. The number of nitrogens with zero attached hydrogens (tertiary/aromatic N) is 2. The summed E-state index contributed by atoms with van der Waals surface area (Å²) in [5.74, 6) is -0.214. The monoisotopic (exact) mass is 291 g/mol. The summed E-state index contributed by atoms with van der Waals surface area (Å²) in [7, 11) is 1.39. The summed E-state index contributed by atoms with van der Waals surface area (Å²) in [5, 5.41) is 6.10. The van der Waals surface area contributed by atoms with E-state index in [9.17, 15) is 4.79 Å². The van der Waals surface area contributed by atoms with E-state index >= 15 is 0 Å². The average Bonchev–Trinajstić information content (AvgIpc) is 2.93. The van der Waals surface area contributed by atoms with Gasteiger partial charge in [-0.1, -0.05) is 6.07 Å². The first-order valence-electron chi connectivity index (χ1n) is 6.37. The van der Waals surface area contributed by atoms with Crippen LogP contribution in [0.5, 0.6) is 0 Å². The molecule has 0 fully saturated rings. The van der Waals surface area contributed by atoms with Crippen LogP contribution in [0.15, 0.2) is 29.8 Å². The van der Waals surface area contributed by atoms with Crippen LogP contribution in [0.25, 0.3) is 0 Å². The summed E-state index contributed by atoms with van der Waals surface area (Å²) in [6.07, 6.45) is 2.73. The predicted molar refractivity (Wildman–Crippen MR) is 78.7 cm³/mol. The Morgan fingerprint density at radius 1 is 1.50 bits per heavy atom. The minimum absolute atomic E-state index is 0.0933. The highest BCUT2D eigenvalue weighted by molar-refractivity contribution is 7.13. The van der Waals surface area contributed by atoms with Gasteiger partial charge in [0.05, 0.1) is 31.0 Å². The van der Waals surface area contributed by atoms with E-state index in [1.165, 1.54) is 18.4 Å². The fraction of sp³-hybridized carbons (Fsp3) is 0.357. The zero-order chi connectivity index (χ0) is 14.4. The fourth-order valence-electron chi connectivity index (χ4n) is 1.71. The van der Waals surface area contributed by atoms with Gasteiger partial charge in [0.25, 0.3) is 0 Å². The molecule has 0 radical (unpaired) electrons. The zero-order valence-electron chi connectivity index (χ0n) is 11.5. The SMILES string of the molecule is COC(=O)CCc1csc(NC(C)c2ccccn2)n1. The highest BCUT2D eigenvalue weighted by Crippen LogP contribution is 2.21. The van der Waals surface area contributed by atoms with Gasteiger partial charge in [0.1, 0.15) is 0 Å². The third-order valence-electron chi connectivity index (χ3n) is 2.84. The number of carbonyl (C=O) groups excluding carboxylic acids is 1. The second-order valence-corrected chi connectivity index (χ2v) is 5.20. The molecule has 0 aliphatic carbocycles.